The molecule has 0 saturated heterocycles. The van der Waals surface area contributed by atoms with E-state index in [1.54, 1.807) is 6.07 Å². The van der Waals surface area contributed by atoms with Gasteiger partial charge in [0.25, 0.3) is 5.91 Å². The summed E-state index contributed by atoms with van der Waals surface area (Å²) in [6.45, 7) is 1.99. The fourth-order valence-corrected chi connectivity index (χ4v) is 2.58. The minimum Gasteiger partial charge on any atom is -0.320 e. The lowest BCUT2D eigenvalue weighted by Crippen LogP contribution is -2.16. The lowest BCUT2D eigenvalue weighted by atomic mass is 10.1. The molecule has 0 atom stereocenters. The molecule has 0 bridgehead atoms. The first kappa shape index (κ1) is 16.4. The molecule has 1 N–H and O–H groups in total. The second kappa shape index (κ2) is 6.84. The molecule has 0 aliphatic carbocycles. The second-order valence-corrected chi connectivity index (χ2v) is 5.65. The molecule has 0 spiro atoms. The largest absolute Gasteiger partial charge is 0.320 e. The van der Waals surface area contributed by atoms with Gasteiger partial charge in [0.05, 0.1) is 15.1 Å². The molecule has 0 fully saturated rings. The van der Waals surface area contributed by atoms with E-state index in [1.807, 2.05) is 25.1 Å². The maximum atomic E-state index is 12.3. The van der Waals surface area contributed by atoms with E-state index in [0.29, 0.717) is 5.69 Å². The number of rotatable bonds is 3. The third-order valence-corrected chi connectivity index (χ3v) is 4.52. The second-order valence-electron chi connectivity index (χ2n) is 4.16. The van der Waals surface area contributed by atoms with Crippen LogP contribution in [0.25, 0.3) is 0 Å². The Labute approximate surface area is 142 Å². The summed E-state index contributed by atoms with van der Waals surface area (Å²) in [5.74, 6) is -0.499. The average Bonchev–Trinajstić information content (AvgIpc) is 2.49. The van der Waals surface area contributed by atoms with Crippen molar-refractivity contribution < 1.29 is 4.79 Å². The van der Waals surface area contributed by atoms with Gasteiger partial charge in [-0.1, -0.05) is 71.5 Å². The monoisotopic (exact) mass is 362 g/mol. The van der Waals surface area contributed by atoms with Gasteiger partial charge in [-0.15, -0.1) is 0 Å². The Balaban J connectivity index is 2.38. The topological polar surface area (TPSA) is 42.0 Å². The highest BCUT2D eigenvalue weighted by atomic mass is 35.5. The maximum absolute atomic E-state index is 12.3. The molecule has 21 heavy (non-hydrogen) atoms. The highest BCUT2D eigenvalue weighted by Crippen LogP contribution is 2.36. The highest BCUT2D eigenvalue weighted by Gasteiger charge is 2.20. The van der Waals surface area contributed by atoms with Crippen molar-refractivity contribution in [3.63, 3.8) is 0 Å². The number of carbonyl (C=O) groups is 1. The Morgan fingerprint density at radius 2 is 1.76 bits per heavy atom. The van der Waals surface area contributed by atoms with Gasteiger partial charge in [-0.2, -0.15) is 0 Å². The van der Waals surface area contributed by atoms with Crippen LogP contribution in [0.2, 0.25) is 20.2 Å². The third-order valence-electron chi connectivity index (χ3n) is 2.85. The number of pyridine rings is 1. The van der Waals surface area contributed by atoms with Crippen molar-refractivity contribution in [1.82, 2.24) is 4.98 Å². The molecular formula is C14H10Cl4N2O. The smallest absolute Gasteiger partial charge is 0.275 e. The van der Waals surface area contributed by atoms with Crippen molar-refractivity contribution in [3.05, 3.63) is 55.7 Å². The zero-order valence-corrected chi connectivity index (χ0v) is 13.9. The molecule has 0 saturated carbocycles. The van der Waals surface area contributed by atoms with Gasteiger partial charge >= 0.3 is 0 Å². The highest BCUT2D eigenvalue weighted by molar-refractivity contribution is 6.52. The molecule has 110 valence electrons. The molecule has 1 aromatic carbocycles. The lowest BCUT2D eigenvalue weighted by molar-refractivity contribution is 0.102. The Bertz CT molecular complexity index is 704. The van der Waals surface area contributed by atoms with Gasteiger partial charge in [0.2, 0.25) is 0 Å². The number of para-hydroxylation sites is 1. The van der Waals surface area contributed by atoms with Crippen molar-refractivity contribution in [1.29, 1.82) is 0 Å². The number of aromatic nitrogens is 1. The van der Waals surface area contributed by atoms with Crippen LogP contribution in [0.3, 0.4) is 0 Å². The van der Waals surface area contributed by atoms with Crippen LogP contribution in [0, 0.1) is 0 Å². The van der Waals surface area contributed by atoms with Crippen LogP contribution < -0.4 is 5.32 Å². The van der Waals surface area contributed by atoms with Gasteiger partial charge in [-0.25, -0.2) is 4.98 Å². The number of amides is 1. The normalized spacial score (nSPS) is 10.5. The van der Waals surface area contributed by atoms with Crippen LogP contribution in [0.1, 0.15) is 23.0 Å². The maximum Gasteiger partial charge on any atom is 0.275 e. The van der Waals surface area contributed by atoms with Crippen molar-refractivity contribution in [3.8, 4) is 0 Å². The van der Waals surface area contributed by atoms with Gasteiger partial charge in [0.1, 0.15) is 10.8 Å². The predicted octanol–water partition coefficient (Wildman–Crippen LogP) is 5.51. The van der Waals surface area contributed by atoms with Gasteiger partial charge < -0.3 is 5.32 Å². The SMILES string of the molecule is CCc1ccccc1NC(=O)c1nc(Cl)c(Cl)c(Cl)c1Cl. The van der Waals surface area contributed by atoms with Crippen LogP contribution in [0.4, 0.5) is 5.69 Å². The molecule has 0 unspecified atom stereocenters. The summed E-state index contributed by atoms with van der Waals surface area (Å²) < 4.78 is 0. The van der Waals surface area contributed by atoms with E-state index < -0.39 is 5.91 Å². The van der Waals surface area contributed by atoms with Gasteiger partial charge in [0, 0.05) is 5.69 Å². The Kier molecular flexibility index (Phi) is 5.33. The Hall–Kier alpha value is -1.000. The van der Waals surface area contributed by atoms with Crippen LogP contribution in [-0.4, -0.2) is 10.9 Å². The summed E-state index contributed by atoms with van der Waals surface area (Å²) in [7, 11) is 0. The van der Waals surface area contributed by atoms with E-state index in [2.05, 4.69) is 10.3 Å². The zero-order chi connectivity index (χ0) is 15.6. The minimum absolute atomic E-state index is 0.00672. The van der Waals surface area contributed by atoms with Crippen molar-refractivity contribution in [2.45, 2.75) is 13.3 Å². The molecule has 7 heteroatoms. The van der Waals surface area contributed by atoms with Crippen LogP contribution >= 0.6 is 46.4 Å². The number of nitrogens with one attached hydrogen (secondary N) is 1. The van der Waals surface area contributed by atoms with E-state index in [4.69, 9.17) is 46.4 Å². The number of hydrogen-bond acceptors (Lipinski definition) is 2. The number of carbonyl (C=O) groups excluding carboxylic acids is 1. The number of nitrogens with zero attached hydrogens (tertiary/aromatic N) is 1. The Morgan fingerprint density at radius 3 is 2.43 bits per heavy atom. The summed E-state index contributed by atoms with van der Waals surface area (Å²) >= 11 is 23.6. The molecule has 3 nitrogen and oxygen atoms in total. The van der Waals surface area contributed by atoms with Crippen molar-refractivity contribution in [2.75, 3.05) is 5.32 Å². The van der Waals surface area contributed by atoms with E-state index in [9.17, 15) is 4.79 Å². The van der Waals surface area contributed by atoms with Gasteiger partial charge in [-0.3, -0.25) is 4.79 Å². The fraction of sp³-hybridized carbons (Fsp3) is 0.143. The first-order valence-electron chi connectivity index (χ1n) is 6.05. The quantitative estimate of drug-likeness (QED) is 0.730. The molecule has 1 heterocycles. The van der Waals surface area contributed by atoms with E-state index in [-0.39, 0.29) is 25.9 Å². The number of hydrogen-bond donors (Lipinski definition) is 1. The van der Waals surface area contributed by atoms with Crippen LogP contribution in [0.5, 0.6) is 0 Å². The molecule has 0 aliphatic rings. The summed E-state index contributed by atoms with van der Waals surface area (Å²) in [5.41, 5.74) is 1.61. The first-order chi connectivity index (χ1) is 9.95. The lowest BCUT2D eigenvalue weighted by Gasteiger charge is -2.11. The minimum atomic E-state index is -0.499. The average molecular weight is 364 g/mol. The number of anilines is 1. The number of halogens is 4. The first-order valence-corrected chi connectivity index (χ1v) is 7.56. The van der Waals surface area contributed by atoms with Gasteiger partial charge in [0.15, 0.2) is 0 Å². The van der Waals surface area contributed by atoms with Gasteiger partial charge in [-0.05, 0) is 18.1 Å². The van der Waals surface area contributed by atoms with Crippen LogP contribution in [-0.2, 0) is 6.42 Å². The molecule has 2 rings (SSSR count). The molecular weight excluding hydrogens is 354 g/mol. The zero-order valence-electron chi connectivity index (χ0n) is 10.9. The predicted molar refractivity (Wildman–Crippen MR) is 88.1 cm³/mol. The molecule has 1 amide bonds. The summed E-state index contributed by atoms with van der Waals surface area (Å²) in [4.78, 5) is 16.2. The molecule has 0 aliphatic heterocycles. The third kappa shape index (κ3) is 3.43. The fourth-order valence-electron chi connectivity index (χ4n) is 1.77. The molecule has 1 aromatic heterocycles. The van der Waals surface area contributed by atoms with Crippen molar-refractivity contribution >= 4 is 58.0 Å². The van der Waals surface area contributed by atoms with E-state index >= 15 is 0 Å². The van der Waals surface area contributed by atoms with Crippen molar-refractivity contribution in [2.24, 2.45) is 0 Å². The number of aryl methyl sites for hydroxylation is 1. The van der Waals surface area contributed by atoms with E-state index in [1.165, 1.54) is 0 Å². The van der Waals surface area contributed by atoms with E-state index in [0.717, 1.165) is 12.0 Å². The molecule has 0 radical (unpaired) electrons. The summed E-state index contributed by atoms with van der Waals surface area (Å²) in [6.07, 6.45) is 0.778. The summed E-state index contributed by atoms with van der Waals surface area (Å²) in [5, 5.41) is 2.68. The van der Waals surface area contributed by atoms with Crippen LogP contribution in [0.15, 0.2) is 24.3 Å². The molecule has 2 aromatic rings. The Morgan fingerprint density at radius 1 is 1.10 bits per heavy atom. The standard InChI is InChI=1S/C14H10Cl4N2O/c1-2-7-5-3-4-6-8(7)19-14(21)12-10(16)9(15)11(17)13(18)20-12/h3-6H,2H2,1H3,(H,19,21). The number of benzene rings is 1. The summed E-state index contributed by atoms with van der Waals surface area (Å²) in [6, 6.07) is 7.44.